The van der Waals surface area contributed by atoms with Crippen LogP contribution < -0.4 is 10.3 Å². The van der Waals surface area contributed by atoms with Gasteiger partial charge in [-0.15, -0.1) is 11.3 Å². The van der Waals surface area contributed by atoms with Crippen molar-refractivity contribution in [3.05, 3.63) is 73.4 Å². The number of aryl methyl sites for hydroxylation is 3. The molecule has 0 bridgehead atoms. The lowest BCUT2D eigenvalue weighted by atomic mass is 9.88. The molecule has 0 saturated heterocycles. The molecule has 4 aromatic rings. The van der Waals surface area contributed by atoms with Crippen LogP contribution in [0.3, 0.4) is 0 Å². The Morgan fingerprint density at radius 2 is 2.06 bits per heavy atom. The van der Waals surface area contributed by atoms with Crippen LogP contribution in [-0.2, 0) is 19.4 Å². The number of carboxylic acid groups (broad SMARTS) is 1. The van der Waals surface area contributed by atoms with Crippen LogP contribution in [0.1, 0.15) is 46.5 Å². The Hall–Kier alpha value is -3.23. The van der Waals surface area contributed by atoms with Crippen LogP contribution >= 0.6 is 22.9 Å². The molecule has 0 saturated carbocycles. The van der Waals surface area contributed by atoms with Crippen LogP contribution in [0.2, 0.25) is 5.02 Å². The van der Waals surface area contributed by atoms with Gasteiger partial charge in [0.2, 0.25) is 0 Å². The molecule has 1 N–H and O–H groups in total. The van der Waals surface area contributed by atoms with E-state index >= 15 is 0 Å². The lowest BCUT2D eigenvalue weighted by Crippen LogP contribution is -2.33. The first-order chi connectivity index (χ1) is 17.2. The number of nitrogens with zero attached hydrogens (tertiary/aromatic N) is 3. The Kier molecular flexibility index (Phi) is 6.57. The van der Waals surface area contributed by atoms with Gasteiger partial charge in [-0.2, -0.15) is 0 Å². The van der Waals surface area contributed by atoms with Gasteiger partial charge in [-0.05, 0) is 63.3 Å². The molecule has 3 heterocycles. The Balaban J connectivity index is 1.47. The first kappa shape index (κ1) is 24.5. The third kappa shape index (κ3) is 4.51. The van der Waals surface area contributed by atoms with E-state index in [4.69, 9.17) is 21.3 Å². The molecule has 9 heteroatoms. The molecule has 0 unspecified atom stereocenters. The van der Waals surface area contributed by atoms with Crippen LogP contribution in [0.4, 0.5) is 0 Å². The molecule has 3 aromatic heterocycles. The molecular formula is C27H26ClN3O4S. The summed E-state index contributed by atoms with van der Waals surface area (Å²) in [5.74, 6) is 0.763. The molecule has 0 radical (unpaired) electrons. The van der Waals surface area contributed by atoms with Crippen LogP contribution in [0.15, 0.2) is 34.4 Å². The van der Waals surface area contributed by atoms with E-state index in [0.717, 1.165) is 46.3 Å². The zero-order valence-electron chi connectivity index (χ0n) is 20.3. The van der Waals surface area contributed by atoms with Crippen molar-refractivity contribution in [2.75, 3.05) is 6.61 Å². The molecule has 1 aromatic carbocycles. The quantitative estimate of drug-likeness (QED) is 0.349. The molecule has 1 aliphatic rings. The molecule has 1 atom stereocenters. The Morgan fingerprint density at radius 3 is 2.83 bits per heavy atom. The molecule has 36 heavy (non-hydrogen) atoms. The molecule has 0 fully saturated rings. The summed E-state index contributed by atoms with van der Waals surface area (Å²) in [6.07, 6.45) is 2.68. The molecule has 1 aliphatic carbocycles. The Morgan fingerprint density at radius 1 is 1.25 bits per heavy atom. The normalized spacial score (nSPS) is 15.2. The largest absolute Gasteiger partial charge is 0.491 e. The van der Waals surface area contributed by atoms with Gasteiger partial charge in [0.1, 0.15) is 18.2 Å². The highest BCUT2D eigenvalue weighted by Crippen LogP contribution is 2.40. The topological polar surface area (TPSA) is 94.3 Å². The third-order valence-corrected chi connectivity index (χ3v) is 7.89. The average molecular weight is 524 g/mol. The zero-order valence-corrected chi connectivity index (χ0v) is 21.9. The number of ether oxygens (including phenoxy) is 1. The summed E-state index contributed by atoms with van der Waals surface area (Å²) in [4.78, 5) is 34.1. The zero-order chi connectivity index (χ0) is 25.6. The predicted octanol–water partition coefficient (Wildman–Crippen LogP) is 5.69. The SMILES string of the molecule is Cc1cc(-c2cc(Cl)ccc2OCCn2c(C)nc3c(c2=O)C[C@@H](C)CC3)c2scc(C(=O)O)c2n1. The summed E-state index contributed by atoms with van der Waals surface area (Å²) >= 11 is 7.68. The summed E-state index contributed by atoms with van der Waals surface area (Å²) in [5.41, 5.74) is 4.66. The molecule has 0 aliphatic heterocycles. The second kappa shape index (κ2) is 9.67. The Bertz CT molecular complexity index is 1560. The fourth-order valence-corrected chi connectivity index (χ4v) is 6.02. The third-order valence-electron chi connectivity index (χ3n) is 6.65. The maximum atomic E-state index is 13.2. The first-order valence-corrected chi connectivity index (χ1v) is 13.1. The van der Waals surface area contributed by atoms with E-state index < -0.39 is 5.97 Å². The number of halogens is 1. The number of hydrogen-bond donors (Lipinski definition) is 1. The molecule has 0 spiro atoms. The van der Waals surface area contributed by atoms with Crippen LogP contribution in [0.25, 0.3) is 21.3 Å². The van der Waals surface area contributed by atoms with E-state index in [2.05, 4.69) is 11.9 Å². The van der Waals surface area contributed by atoms with Crippen LogP contribution in [0, 0.1) is 19.8 Å². The summed E-state index contributed by atoms with van der Waals surface area (Å²) in [6, 6.07) is 7.27. The fourth-order valence-electron chi connectivity index (χ4n) is 4.84. The molecule has 5 rings (SSSR count). The summed E-state index contributed by atoms with van der Waals surface area (Å²) in [6.45, 7) is 6.50. The number of aromatic nitrogens is 3. The number of benzene rings is 1. The number of rotatable bonds is 6. The van der Waals surface area contributed by atoms with E-state index in [9.17, 15) is 14.7 Å². The summed E-state index contributed by atoms with van der Waals surface area (Å²) in [5, 5.41) is 11.7. The Labute approximate surface area is 217 Å². The van der Waals surface area contributed by atoms with E-state index in [1.165, 1.54) is 11.3 Å². The van der Waals surface area contributed by atoms with Gasteiger partial charge in [-0.25, -0.2) is 9.78 Å². The highest BCUT2D eigenvalue weighted by atomic mass is 35.5. The summed E-state index contributed by atoms with van der Waals surface area (Å²) in [7, 11) is 0. The maximum Gasteiger partial charge on any atom is 0.338 e. The van der Waals surface area contributed by atoms with Crippen molar-refractivity contribution in [2.24, 2.45) is 5.92 Å². The monoisotopic (exact) mass is 523 g/mol. The minimum absolute atomic E-state index is 0.0234. The lowest BCUT2D eigenvalue weighted by Gasteiger charge is -2.22. The first-order valence-electron chi connectivity index (χ1n) is 11.9. The van der Waals surface area contributed by atoms with Crippen molar-refractivity contribution in [1.29, 1.82) is 0 Å². The smallest absolute Gasteiger partial charge is 0.338 e. The van der Waals surface area contributed by atoms with Gasteiger partial charge in [0.25, 0.3) is 5.56 Å². The van der Waals surface area contributed by atoms with Crippen molar-refractivity contribution < 1.29 is 14.6 Å². The van der Waals surface area contributed by atoms with E-state index in [-0.39, 0.29) is 17.7 Å². The van der Waals surface area contributed by atoms with Crippen molar-refractivity contribution in [3.63, 3.8) is 0 Å². The number of carbonyl (C=O) groups is 1. The summed E-state index contributed by atoms with van der Waals surface area (Å²) < 4.78 is 8.64. The minimum Gasteiger partial charge on any atom is -0.491 e. The van der Waals surface area contributed by atoms with Crippen molar-refractivity contribution in [2.45, 2.75) is 46.6 Å². The van der Waals surface area contributed by atoms with Gasteiger partial charge in [0, 0.05) is 32.8 Å². The number of hydrogen-bond acceptors (Lipinski definition) is 6. The van der Waals surface area contributed by atoms with Crippen molar-refractivity contribution >= 4 is 39.1 Å². The van der Waals surface area contributed by atoms with E-state index in [0.29, 0.717) is 40.3 Å². The van der Waals surface area contributed by atoms with E-state index in [1.54, 1.807) is 22.1 Å². The number of pyridine rings is 1. The number of fused-ring (bicyclic) bond motifs is 2. The van der Waals surface area contributed by atoms with Crippen molar-refractivity contribution in [1.82, 2.24) is 14.5 Å². The molecule has 7 nitrogen and oxygen atoms in total. The number of thiophene rings is 1. The fraction of sp³-hybridized carbons (Fsp3) is 0.333. The number of aromatic carboxylic acids is 1. The van der Waals surface area contributed by atoms with Gasteiger partial charge in [0.15, 0.2) is 0 Å². The van der Waals surface area contributed by atoms with Gasteiger partial charge in [0.05, 0.1) is 28.0 Å². The highest BCUT2D eigenvalue weighted by molar-refractivity contribution is 7.18. The highest BCUT2D eigenvalue weighted by Gasteiger charge is 2.22. The molecule has 0 amide bonds. The molecular weight excluding hydrogens is 498 g/mol. The number of carboxylic acids is 1. The van der Waals surface area contributed by atoms with Gasteiger partial charge >= 0.3 is 5.97 Å². The minimum atomic E-state index is -1.01. The second-order valence-corrected chi connectivity index (χ2v) is 10.6. The average Bonchev–Trinajstić information content (AvgIpc) is 3.26. The maximum absolute atomic E-state index is 13.2. The second-order valence-electron chi connectivity index (χ2n) is 9.32. The van der Waals surface area contributed by atoms with Crippen LogP contribution in [-0.4, -0.2) is 32.2 Å². The van der Waals surface area contributed by atoms with E-state index in [1.807, 2.05) is 26.0 Å². The predicted molar refractivity (Wildman–Crippen MR) is 142 cm³/mol. The van der Waals surface area contributed by atoms with Gasteiger partial charge in [-0.3, -0.25) is 14.3 Å². The van der Waals surface area contributed by atoms with Gasteiger partial charge < -0.3 is 9.84 Å². The molecule has 186 valence electrons. The standard InChI is InChI=1S/C27H26ClN3O4S/c1-14-4-6-22-20(10-14)26(32)31(16(3)30-22)8-9-35-23-7-5-17(28)12-18(23)19-11-15(2)29-24-21(27(33)34)13-36-25(19)24/h5,7,11-14H,4,6,8-10H2,1-3H3,(H,33,34)/t14-/m0/s1. The van der Waals surface area contributed by atoms with Gasteiger partial charge in [-0.1, -0.05) is 18.5 Å². The van der Waals surface area contributed by atoms with Crippen LogP contribution in [0.5, 0.6) is 5.75 Å². The van der Waals surface area contributed by atoms with Crippen molar-refractivity contribution in [3.8, 4) is 16.9 Å². The lowest BCUT2D eigenvalue weighted by molar-refractivity contribution is 0.0699.